The monoisotopic (exact) mass is 299 g/mol. The van der Waals surface area contributed by atoms with Crippen LogP contribution in [0, 0.1) is 0 Å². The fraction of sp³-hybridized carbons (Fsp3) is 0.647. The van der Waals surface area contributed by atoms with Gasteiger partial charge < -0.3 is 10.1 Å². The number of alkyl halides is 2. The molecule has 1 rings (SSSR count). The van der Waals surface area contributed by atoms with Gasteiger partial charge >= 0.3 is 6.61 Å². The highest BCUT2D eigenvalue weighted by Crippen LogP contribution is 2.16. The summed E-state index contributed by atoms with van der Waals surface area (Å²) >= 11 is 0. The zero-order chi connectivity index (χ0) is 15.7. The third-order valence-corrected chi connectivity index (χ3v) is 3.66. The molecule has 2 unspecified atom stereocenters. The van der Waals surface area contributed by atoms with Crippen molar-refractivity contribution >= 4 is 0 Å². The smallest absolute Gasteiger partial charge is 0.387 e. The summed E-state index contributed by atoms with van der Waals surface area (Å²) in [6.45, 7) is 3.86. The van der Waals surface area contributed by atoms with Gasteiger partial charge in [0.05, 0.1) is 0 Å². The minimum atomic E-state index is -2.76. The molecule has 0 bridgehead atoms. The number of benzene rings is 1. The molecule has 0 spiro atoms. The Balaban J connectivity index is 2.36. The highest BCUT2D eigenvalue weighted by atomic mass is 19.3. The Bertz CT molecular complexity index is 381. The molecule has 4 heteroatoms. The summed E-state index contributed by atoms with van der Waals surface area (Å²) < 4.78 is 28.5. The first kappa shape index (κ1) is 17.9. The van der Waals surface area contributed by atoms with E-state index in [2.05, 4.69) is 30.8 Å². The molecular weight excluding hydrogens is 272 g/mol. The van der Waals surface area contributed by atoms with Gasteiger partial charge in [-0.2, -0.15) is 8.78 Å². The molecule has 1 aromatic carbocycles. The van der Waals surface area contributed by atoms with Gasteiger partial charge in [0, 0.05) is 12.1 Å². The van der Waals surface area contributed by atoms with Crippen LogP contribution in [-0.4, -0.2) is 18.7 Å². The summed E-state index contributed by atoms with van der Waals surface area (Å²) in [5, 5.41) is 3.65. The Morgan fingerprint density at radius 2 is 1.76 bits per heavy atom. The first-order chi connectivity index (χ1) is 10.0. The molecule has 0 amide bonds. The van der Waals surface area contributed by atoms with Crippen LogP contribution in [0.5, 0.6) is 5.75 Å². The second kappa shape index (κ2) is 9.72. The van der Waals surface area contributed by atoms with Crippen molar-refractivity contribution in [1.82, 2.24) is 5.32 Å². The Kier molecular flexibility index (Phi) is 8.28. The highest BCUT2D eigenvalue weighted by Gasteiger charge is 2.09. The van der Waals surface area contributed by atoms with Crippen molar-refractivity contribution in [3.05, 3.63) is 29.8 Å². The van der Waals surface area contributed by atoms with E-state index in [-0.39, 0.29) is 5.75 Å². The number of aryl methyl sites for hydroxylation is 1. The number of rotatable bonds is 10. The van der Waals surface area contributed by atoms with Crippen LogP contribution < -0.4 is 10.1 Å². The molecule has 1 N–H and O–H groups in total. The average molecular weight is 299 g/mol. The van der Waals surface area contributed by atoms with Crippen molar-refractivity contribution in [2.24, 2.45) is 0 Å². The van der Waals surface area contributed by atoms with Crippen LogP contribution in [-0.2, 0) is 6.42 Å². The minimum absolute atomic E-state index is 0.217. The molecule has 0 radical (unpaired) electrons. The summed E-state index contributed by atoms with van der Waals surface area (Å²) in [6.07, 6.45) is 5.53. The topological polar surface area (TPSA) is 21.3 Å². The van der Waals surface area contributed by atoms with E-state index in [1.165, 1.54) is 12.8 Å². The van der Waals surface area contributed by atoms with Crippen molar-refractivity contribution in [3.8, 4) is 5.75 Å². The normalized spacial score (nSPS) is 14.2. The van der Waals surface area contributed by atoms with Crippen LogP contribution in [0.4, 0.5) is 8.78 Å². The molecule has 0 saturated carbocycles. The minimum Gasteiger partial charge on any atom is -0.435 e. The lowest BCUT2D eigenvalue weighted by atomic mass is 10.0. The summed E-state index contributed by atoms with van der Waals surface area (Å²) in [5.41, 5.74) is 1.15. The zero-order valence-corrected chi connectivity index (χ0v) is 13.2. The molecule has 0 aromatic heterocycles. The third kappa shape index (κ3) is 7.42. The maximum absolute atomic E-state index is 12.1. The first-order valence-corrected chi connectivity index (χ1v) is 7.84. The number of ether oxygens (including phenoxy) is 1. The fourth-order valence-corrected chi connectivity index (χ4v) is 2.46. The Hall–Kier alpha value is -1.16. The molecule has 1 aromatic rings. The Labute approximate surface area is 126 Å². The number of nitrogens with one attached hydrogen (secondary N) is 1. The first-order valence-electron chi connectivity index (χ1n) is 7.84. The van der Waals surface area contributed by atoms with E-state index in [4.69, 9.17) is 0 Å². The summed E-state index contributed by atoms with van der Waals surface area (Å²) in [5.74, 6) is 0.217. The quantitative estimate of drug-likeness (QED) is 0.671. The zero-order valence-electron chi connectivity index (χ0n) is 13.2. The van der Waals surface area contributed by atoms with Gasteiger partial charge in [0.25, 0.3) is 0 Å². The standard InChI is InChI=1S/C17H27F2NO/c1-4-6-15(5-2)20-13(3)7-8-14-9-11-16(12-10-14)21-17(18)19/h9-13,15,17,20H,4-8H2,1-3H3. The van der Waals surface area contributed by atoms with E-state index in [9.17, 15) is 8.78 Å². The molecule has 0 heterocycles. The van der Waals surface area contributed by atoms with E-state index in [1.54, 1.807) is 12.1 Å². The van der Waals surface area contributed by atoms with Crippen molar-refractivity contribution in [3.63, 3.8) is 0 Å². The molecule has 2 nitrogen and oxygen atoms in total. The molecule has 0 aliphatic rings. The Morgan fingerprint density at radius 3 is 2.29 bits per heavy atom. The molecule has 2 atom stereocenters. The SMILES string of the molecule is CCCC(CC)NC(C)CCc1ccc(OC(F)F)cc1. The van der Waals surface area contributed by atoms with Gasteiger partial charge in [-0.05, 0) is 50.3 Å². The van der Waals surface area contributed by atoms with Crippen LogP contribution in [0.1, 0.15) is 52.0 Å². The van der Waals surface area contributed by atoms with Gasteiger partial charge in [0.15, 0.2) is 0 Å². The van der Waals surface area contributed by atoms with Gasteiger partial charge in [-0.3, -0.25) is 0 Å². The summed E-state index contributed by atoms with van der Waals surface area (Å²) in [7, 11) is 0. The molecule has 0 aliphatic carbocycles. The highest BCUT2D eigenvalue weighted by molar-refractivity contribution is 5.27. The lowest BCUT2D eigenvalue weighted by molar-refractivity contribution is -0.0498. The van der Waals surface area contributed by atoms with Crippen LogP contribution >= 0.6 is 0 Å². The molecule has 0 aliphatic heterocycles. The molecule has 21 heavy (non-hydrogen) atoms. The molecule has 0 fully saturated rings. The molecule has 0 saturated heterocycles. The van der Waals surface area contributed by atoms with Crippen LogP contribution in [0.25, 0.3) is 0 Å². The van der Waals surface area contributed by atoms with Gasteiger partial charge in [-0.25, -0.2) is 0 Å². The second-order valence-corrected chi connectivity index (χ2v) is 5.52. The van der Waals surface area contributed by atoms with Crippen LogP contribution in [0.3, 0.4) is 0 Å². The van der Waals surface area contributed by atoms with Crippen LogP contribution in [0.2, 0.25) is 0 Å². The van der Waals surface area contributed by atoms with Crippen molar-refractivity contribution in [1.29, 1.82) is 0 Å². The summed E-state index contributed by atoms with van der Waals surface area (Å²) in [6, 6.07) is 7.96. The van der Waals surface area contributed by atoms with Crippen LogP contribution in [0.15, 0.2) is 24.3 Å². The fourth-order valence-electron chi connectivity index (χ4n) is 2.46. The van der Waals surface area contributed by atoms with E-state index in [0.29, 0.717) is 12.1 Å². The van der Waals surface area contributed by atoms with Crippen molar-refractivity contribution in [2.75, 3.05) is 0 Å². The summed E-state index contributed by atoms with van der Waals surface area (Å²) in [4.78, 5) is 0. The predicted molar refractivity (Wildman–Crippen MR) is 83.0 cm³/mol. The van der Waals surface area contributed by atoms with E-state index in [0.717, 1.165) is 24.8 Å². The molecular formula is C17H27F2NO. The maximum Gasteiger partial charge on any atom is 0.387 e. The lowest BCUT2D eigenvalue weighted by Crippen LogP contribution is -2.36. The van der Waals surface area contributed by atoms with Gasteiger partial charge in [-0.1, -0.05) is 32.4 Å². The number of hydrogen-bond donors (Lipinski definition) is 1. The average Bonchev–Trinajstić information content (AvgIpc) is 2.45. The predicted octanol–water partition coefficient (Wildman–Crippen LogP) is 4.78. The van der Waals surface area contributed by atoms with E-state index >= 15 is 0 Å². The van der Waals surface area contributed by atoms with Gasteiger partial charge in [0.2, 0.25) is 0 Å². The van der Waals surface area contributed by atoms with Gasteiger partial charge in [-0.15, -0.1) is 0 Å². The van der Waals surface area contributed by atoms with Crippen molar-refractivity contribution in [2.45, 2.75) is 71.6 Å². The lowest BCUT2D eigenvalue weighted by Gasteiger charge is -2.22. The number of halogens is 2. The largest absolute Gasteiger partial charge is 0.435 e. The maximum atomic E-state index is 12.1. The van der Waals surface area contributed by atoms with Gasteiger partial charge in [0.1, 0.15) is 5.75 Å². The number of hydrogen-bond acceptors (Lipinski definition) is 2. The van der Waals surface area contributed by atoms with E-state index < -0.39 is 6.61 Å². The third-order valence-electron chi connectivity index (χ3n) is 3.66. The molecule has 120 valence electrons. The second-order valence-electron chi connectivity index (χ2n) is 5.52. The van der Waals surface area contributed by atoms with E-state index in [1.807, 2.05) is 12.1 Å². The Morgan fingerprint density at radius 1 is 1.10 bits per heavy atom. The van der Waals surface area contributed by atoms with Crippen molar-refractivity contribution < 1.29 is 13.5 Å².